The lowest BCUT2D eigenvalue weighted by Crippen LogP contribution is -2.35. The molecule has 6 heteroatoms. The second kappa shape index (κ2) is 7.97. The van der Waals surface area contributed by atoms with Crippen molar-refractivity contribution in [1.29, 1.82) is 0 Å². The highest BCUT2D eigenvalue weighted by Gasteiger charge is 2.07. The number of esters is 1. The molecule has 118 valence electrons. The molecule has 0 aliphatic heterocycles. The van der Waals surface area contributed by atoms with E-state index in [4.69, 9.17) is 4.74 Å². The number of hydrogen-bond donors (Lipinski definition) is 0. The van der Waals surface area contributed by atoms with Gasteiger partial charge in [0, 0.05) is 46.8 Å². The second-order valence-electron chi connectivity index (χ2n) is 5.00. The molecule has 0 fully saturated rings. The summed E-state index contributed by atoms with van der Waals surface area (Å²) in [6, 6.07) is 6.97. The highest BCUT2D eigenvalue weighted by molar-refractivity contribution is 6.00. The maximum absolute atomic E-state index is 11.9. The monoisotopic (exact) mass is 303 g/mol. The maximum atomic E-state index is 11.9. The van der Waals surface area contributed by atoms with Gasteiger partial charge in [-0.25, -0.2) is 0 Å². The number of rotatable bonds is 3. The van der Waals surface area contributed by atoms with Crippen molar-refractivity contribution in [2.45, 2.75) is 6.92 Å². The molecular weight excluding hydrogens is 282 g/mol. The molecule has 1 amide bonds. The van der Waals surface area contributed by atoms with Crippen molar-refractivity contribution in [3.05, 3.63) is 35.9 Å². The van der Waals surface area contributed by atoms with Gasteiger partial charge in [-0.1, -0.05) is 18.2 Å². The van der Waals surface area contributed by atoms with Gasteiger partial charge in [-0.2, -0.15) is 4.99 Å². The highest BCUT2D eigenvalue weighted by atomic mass is 16.5. The van der Waals surface area contributed by atoms with Gasteiger partial charge in [0.15, 0.2) is 0 Å². The van der Waals surface area contributed by atoms with E-state index in [-0.39, 0.29) is 0 Å². The molecule has 0 radical (unpaired) electrons. The predicted octanol–water partition coefficient (Wildman–Crippen LogP) is 1.63. The van der Waals surface area contributed by atoms with E-state index in [9.17, 15) is 9.59 Å². The van der Waals surface area contributed by atoms with Gasteiger partial charge in [0.05, 0.1) is 0 Å². The molecule has 0 saturated heterocycles. The van der Waals surface area contributed by atoms with E-state index in [1.54, 1.807) is 40.1 Å². The van der Waals surface area contributed by atoms with Crippen molar-refractivity contribution in [2.24, 2.45) is 4.99 Å². The predicted molar refractivity (Wildman–Crippen MR) is 86.6 cm³/mol. The van der Waals surface area contributed by atoms with E-state index < -0.39 is 11.9 Å². The van der Waals surface area contributed by atoms with Crippen LogP contribution < -0.4 is 4.74 Å². The van der Waals surface area contributed by atoms with Crippen LogP contribution >= 0.6 is 0 Å². The fourth-order valence-corrected chi connectivity index (χ4v) is 1.76. The number of guanidine groups is 1. The molecule has 0 aromatic heterocycles. The van der Waals surface area contributed by atoms with Crippen LogP contribution in [0.5, 0.6) is 5.75 Å². The molecule has 0 aliphatic carbocycles. The molecule has 0 atom stereocenters. The lowest BCUT2D eigenvalue weighted by Gasteiger charge is -2.21. The Hall–Kier alpha value is -2.63. The van der Waals surface area contributed by atoms with Gasteiger partial charge < -0.3 is 14.5 Å². The average molecular weight is 303 g/mol. The zero-order valence-electron chi connectivity index (χ0n) is 13.5. The van der Waals surface area contributed by atoms with Crippen LogP contribution in [0.4, 0.5) is 0 Å². The zero-order chi connectivity index (χ0) is 16.7. The Morgan fingerprint density at radius 3 is 2.23 bits per heavy atom. The number of hydrogen-bond acceptors (Lipinski definition) is 3. The summed E-state index contributed by atoms with van der Waals surface area (Å²) in [5.41, 5.74) is 0.637. The lowest BCUT2D eigenvalue weighted by atomic mass is 10.2. The van der Waals surface area contributed by atoms with Crippen LogP contribution in [0, 0.1) is 0 Å². The molecule has 0 aliphatic rings. The molecule has 0 spiro atoms. The van der Waals surface area contributed by atoms with Crippen LogP contribution in [0.25, 0.3) is 6.08 Å². The van der Waals surface area contributed by atoms with Crippen molar-refractivity contribution in [3.63, 3.8) is 0 Å². The van der Waals surface area contributed by atoms with Crippen LogP contribution in [0.3, 0.4) is 0 Å². The topological polar surface area (TPSA) is 62.2 Å². The van der Waals surface area contributed by atoms with Crippen molar-refractivity contribution < 1.29 is 14.3 Å². The fraction of sp³-hybridized carbons (Fsp3) is 0.312. The van der Waals surface area contributed by atoms with Crippen LogP contribution in [0.1, 0.15) is 12.5 Å². The Kier molecular flexibility index (Phi) is 6.31. The van der Waals surface area contributed by atoms with E-state index in [1.807, 2.05) is 28.2 Å². The number of para-hydroxylation sites is 1. The Bertz CT molecular complexity index is 594. The standard InChI is InChI=1S/C16H21N3O3/c1-12(20)22-14-9-7-6-8-13(14)10-11-15(21)17-16(18(2)3)19(4)5/h6-11H,1-5H3/b11-10+. The molecule has 0 unspecified atom stereocenters. The van der Waals surface area contributed by atoms with Crippen LogP contribution in [-0.2, 0) is 9.59 Å². The minimum atomic E-state index is -0.410. The summed E-state index contributed by atoms with van der Waals surface area (Å²) in [6.07, 6.45) is 2.92. The van der Waals surface area contributed by atoms with E-state index in [1.165, 1.54) is 13.0 Å². The molecule has 1 rings (SSSR count). The lowest BCUT2D eigenvalue weighted by molar-refractivity contribution is -0.131. The first-order chi connectivity index (χ1) is 10.3. The zero-order valence-corrected chi connectivity index (χ0v) is 13.5. The van der Waals surface area contributed by atoms with Crippen LogP contribution in [0.15, 0.2) is 35.3 Å². The number of nitrogens with zero attached hydrogens (tertiary/aromatic N) is 3. The molecule has 0 bridgehead atoms. The van der Waals surface area contributed by atoms with Crippen molar-refractivity contribution in [3.8, 4) is 5.75 Å². The van der Waals surface area contributed by atoms with Crippen molar-refractivity contribution in [2.75, 3.05) is 28.2 Å². The first-order valence-electron chi connectivity index (χ1n) is 6.74. The fourth-order valence-electron chi connectivity index (χ4n) is 1.76. The van der Waals surface area contributed by atoms with Gasteiger partial charge in [0.1, 0.15) is 5.75 Å². The minimum Gasteiger partial charge on any atom is -0.426 e. The summed E-state index contributed by atoms with van der Waals surface area (Å²) >= 11 is 0. The Morgan fingerprint density at radius 1 is 1.09 bits per heavy atom. The summed E-state index contributed by atoms with van der Waals surface area (Å²) in [4.78, 5) is 30.5. The third-order valence-electron chi connectivity index (χ3n) is 2.59. The maximum Gasteiger partial charge on any atom is 0.308 e. The summed E-state index contributed by atoms with van der Waals surface area (Å²) < 4.78 is 5.08. The first-order valence-corrected chi connectivity index (χ1v) is 6.74. The van der Waals surface area contributed by atoms with Gasteiger partial charge in [-0.15, -0.1) is 0 Å². The third kappa shape index (κ3) is 5.40. The Balaban J connectivity index is 2.95. The number of amides is 1. The first kappa shape index (κ1) is 17.4. The number of aliphatic imine (C=N–C) groups is 1. The summed E-state index contributed by atoms with van der Waals surface area (Å²) in [7, 11) is 7.25. The third-order valence-corrected chi connectivity index (χ3v) is 2.59. The van der Waals surface area contributed by atoms with Gasteiger partial charge in [0.25, 0.3) is 5.91 Å². The average Bonchev–Trinajstić information content (AvgIpc) is 2.42. The second-order valence-corrected chi connectivity index (χ2v) is 5.00. The van der Waals surface area contributed by atoms with Crippen LogP contribution in [-0.4, -0.2) is 55.8 Å². The SMILES string of the molecule is CC(=O)Oc1ccccc1/C=C/C(=O)N=C(N(C)C)N(C)C. The van der Waals surface area contributed by atoms with Gasteiger partial charge in [-0.05, 0) is 12.1 Å². The quantitative estimate of drug-likeness (QED) is 0.279. The highest BCUT2D eigenvalue weighted by Crippen LogP contribution is 2.19. The van der Waals surface area contributed by atoms with Crippen molar-refractivity contribution in [1.82, 2.24) is 9.80 Å². The summed E-state index contributed by atoms with van der Waals surface area (Å²) in [6.45, 7) is 1.33. The largest absolute Gasteiger partial charge is 0.426 e. The molecule has 0 heterocycles. The van der Waals surface area contributed by atoms with E-state index in [2.05, 4.69) is 4.99 Å². The van der Waals surface area contributed by atoms with Crippen LogP contribution in [0.2, 0.25) is 0 Å². The van der Waals surface area contributed by atoms with E-state index in [0.29, 0.717) is 17.3 Å². The number of ether oxygens (including phenoxy) is 1. The Morgan fingerprint density at radius 2 is 1.68 bits per heavy atom. The molecule has 1 aromatic rings. The van der Waals surface area contributed by atoms with E-state index in [0.717, 1.165) is 0 Å². The molecule has 22 heavy (non-hydrogen) atoms. The number of carbonyl (C=O) groups excluding carboxylic acids is 2. The summed E-state index contributed by atoms with van der Waals surface area (Å²) in [5.74, 6) is 0.147. The van der Waals surface area contributed by atoms with E-state index >= 15 is 0 Å². The normalized spacial score (nSPS) is 10.2. The minimum absolute atomic E-state index is 0.393. The molecule has 0 saturated carbocycles. The molecule has 6 nitrogen and oxygen atoms in total. The molecular formula is C16H21N3O3. The number of carbonyl (C=O) groups is 2. The van der Waals surface area contributed by atoms with Gasteiger partial charge >= 0.3 is 5.97 Å². The summed E-state index contributed by atoms with van der Waals surface area (Å²) in [5, 5.41) is 0. The molecule has 1 aromatic carbocycles. The molecule has 0 N–H and O–H groups in total. The smallest absolute Gasteiger partial charge is 0.308 e. The van der Waals surface area contributed by atoms with Crippen molar-refractivity contribution >= 4 is 23.9 Å². The number of benzene rings is 1. The van der Waals surface area contributed by atoms with Gasteiger partial charge in [0.2, 0.25) is 5.96 Å². The Labute approximate surface area is 130 Å². The van der Waals surface area contributed by atoms with Gasteiger partial charge in [-0.3, -0.25) is 9.59 Å².